The van der Waals surface area contributed by atoms with Crippen molar-refractivity contribution in [2.75, 3.05) is 6.61 Å². The number of hydrogen-bond donors (Lipinski definition) is 0. The molecule has 3 heteroatoms. The monoisotopic (exact) mass is 324 g/mol. The molecule has 0 aromatic heterocycles. The molecule has 0 bridgehead atoms. The third kappa shape index (κ3) is 6.85. The Morgan fingerprint density at radius 1 is 1.18 bits per heavy atom. The van der Waals surface area contributed by atoms with Gasteiger partial charge < -0.3 is 9.16 Å². The van der Waals surface area contributed by atoms with Crippen molar-refractivity contribution in [3.63, 3.8) is 0 Å². The van der Waals surface area contributed by atoms with Gasteiger partial charge in [0.15, 0.2) is 8.32 Å². The lowest BCUT2D eigenvalue weighted by Gasteiger charge is -2.41. The second kappa shape index (κ2) is 9.10. The first kappa shape index (κ1) is 19.7. The van der Waals surface area contributed by atoms with Crippen molar-refractivity contribution >= 4 is 8.32 Å². The molecule has 22 heavy (non-hydrogen) atoms. The van der Waals surface area contributed by atoms with Gasteiger partial charge in [0, 0.05) is 12.8 Å². The molecule has 0 aromatic rings. The standard InChI is InChI=1S/C19H36O2Si/c1-7-8-9-10-11-12-13-17-16-18(14-15-20-17)21-22(5,6)19(2,3)4/h17-18H,7-11,14-16H2,1-6H3/t17-,18+/m0/s1. The Morgan fingerprint density at radius 2 is 1.91 bits per heavy atom. The number of unbranched alkanes of at least 4 members (excludes halogenated alkanes) is 4. The molecule has 0 N–H and O–H groups in total. The van der Waals surface area contributed by atoms with E-state index in [0.29, 0.717) is 6.10 Å². The van der Waals surface area contributed by atoms with Crippen LogP contribution in [-0.2, 0) is 9.16 Å². The molecule has 1 aliphatic heterocycles. The van der Waals surface area contributed by atoms with Crippen molar-refractivity contribution in [3.05, 3.63) is 0 Å². The van der Waals surface area contributed by atoms with E-state index in [9.17, 15) is 0 Å². The van der Waals surface area contributed by atoms with E-state index in [1.54, 1.807) is 0 Å². The number of hydrogen-bond acceptors (Lipinski definition) is 2. The predicted octanol–water partition coefficient (Wildman–Crippen LogP) is 5.53. The molecule has 0 aliphatic carbocycles. The molecule has 1 saturated heterocycles. The first-order chi connectivity index (χ1) is 10.3. The molecular formula is C19H36O2Si. The van der Waals surface area contributed by atoms with Crippen LogP contribution >= 0.6 is 0 Å². The van der Waals surface area contributed by atoms with E-state index in [4.69, 9.17) is 9.16 Å². The van der Waals surface area contributed by atoms with Crippen LogP contribution in [0.4, 0.5) is 0 Å². The van der Waals surface area contributed by atoms with Crippen LogP contribution in [0.3, 0.4) is 0 Å². The third-order valence-electron chi connectivity index (χ3n) is 4.92. The van der Waals surface area contributed by atoms with Crippen LogP contribution in [0.25, 0.3) is 0 Å². The van der Waals surface area contributed by atoms with Crippen molar-refractivity contribution in [1.82, 2.24) is 0 Å². The Hall–Kier alpha value is -0.303. The highest BCUT2D eigenvalue weighted by Crippen LogP contribution is 2.38. The molecule has 128 valence electrons. The van der Waals surface area contributed by atoms with E-state index in [-0.39, 0.29) is 11.1 Å². The second-order valence-corrected chi connectivity index (χ2v) is 12.8. The molecule has 0 amide bonds. The van der Waals surface area contributed by atoms with Gasteiger partial charge in [0.25, 0.3) is 0 Å². The molecular weight excluding hydrogens is 288 g/mol. The zero-order valence-corrected chi connectivity index (χ0v) is 16.6. The average molecular weight is 325 g/mol. The molecule has 2 nitrogen and oxygen atoms in total. The Bertz CT molecular complexity index is 373. The van der Waals surface area contributed by atoms with Crippen molar-refractivity contribution in [2.24, 2.45) is 0 Å². The van der Waals surface area contributed by atoms with Crippen LogP contribution in [0, 0.1) is 11.8 Å². The lowest BCUT2D eigenvalue weighted by Crippen LogP contribution is -2.46. The van der Waals surface area contributed by atoms with E-state index < -0.39 is 8.32 Å². The summed E-state index contributed by atoms with van der Waals surface area (Å²) in [6.45, 7) is 14.6. The lowest BCUT2D eigenvalue weighted by molar-refractivity contribution is -0.0118. The number of rotatable bonds is 6. The van der Waals surface area contributed by atoms with Crippen LogP contribution in [0.5, 0.6) is 0 Å². The molecule has 1 heterocycles. The summed E-state index contributed by atoms with van der Waals surface area (Å²) < 4.78 is 12.3. The minimum Gasteiger partial charge on any atom is -0.414 e. The smallest absolute Gasteiger partial charge is 0.192 e. The highest BCUT2D eigenvalue weighted by Gasteiger charge is 2.40. The van der Waals surface area contributed by atoms with Gasteiger partial charge in [-0.05, 0) is 31.0 Å². The maximum absolute atomic E-state index is 6.52. The van der Waals surface area contributed by atoms with Gasteiger partial charge in [0.1, 0.15) is 6.10 Å². The lowest BCUT2D eigenvalue weighted by atomic mass is 10.1. The van der Waals surface area contributed by atoms with Gasteiger partial charge >= 0.3 is 0 Å². The molecule has 1 rings (SSSR count). The maximum atomic E-state index is 6.52. The van der Waals surface area contributed by atoms with Crippen LogP contribution < -0.4 is 0 Å². The zero-order valence-electron chi connectivity index (χ0n) is 15.6. The average Bonchev–Trinajstić information content (AvgIpc) is 2.41. The second-order valence-electron chi connectivity index (χ2n) is 8.02. The minimum absolute atomic E-state index is 0.0784. The van der Waals surface area contributed by atoms with Crippen LogP contribution in [0.15, 0.2) is 0 Å². The predicted molar refractivity (Wildman–Crippen MR) is 97.6 cm³/mol. The highest BCUT2D eigenvalue weighted by atomic mass is 28.4. The fraction of sp³-hybridized carbons (Fsp3) is 0.895. The van der Waals surface area contributed by atoms with Crippen molar-refractivity contribution in [1.29, 1.82) is 0 Å². The van der Waals surface area contributed by atoms with Crippen molar-refractivity contribution in [2.45, 2.75) is 103 Å². The van der Waals surface area contributed by atoms with Crippen LogP contribution in [0.2, 0.25) is 18.1 Å². The summed E-state index contributed by atoms with van der Waals surface area (Å²) in [4.78, 5) is 0. The van der Waals surface area contributed by atoms with Gasteiger partial charge in [0.05, 0.1) is 12.7 Å². The Morgan fingerprint density at radius 3 is 2.55 bits per heavy atom. The molecule has 0 unspecified atom stereocenters. The molecule has 2 atom stereocenters. The summed E-state index contributed by atoms with van der Waals surface area (Å²) >= 11 is 0. The minimum atomic E-state index is -1.68. The van der Waals surface area contributed by atoms with Crippen molar-refractivity contribution in [3.8, 4) is 11.8 Å². The van der Waals surface area contributed by atoms with Gasteiger partial charge in [-0.3, -0.25) is 0 Å². The molecule has 0 aromatic carbocycles. The highest BCUT2D eigenvalue weighted by molar-refractivity contribution is 6.74. The van der Waals surface area contributed by atoms with Gasteiger partial charge in [-0.2, -0.15) is 0 Å². The summed E-state index contributed by atoms with van der Waals surface area (Å²) in [5.74, 6) is 6.62. The fourth-order valence-electron chi connectivity index (χ4n) is 2.39. The summed E-state index contributed by atoms with van der Waals surface area (Å²) in [7, 11) is -1.68. The SMILES string of the molecule is CCCCCCC#C[C@H]1C[C@H](O[Si](C)(C)C(C)(C)C)CCO1. The first-order valence-corrected chi connectivity index (χ1v) is 11.9. The summed E-state index contributed by atoms with van der Waals surface area (Å²) in [6, 6.07) is 0. The van der Waals surface area contributed by atoms with E-state index >= 15 is 0 Å². The van der Waals surface area contributed by atoms with Gasteiger partial charge in [0.2, 0.25) is 0 Å². The van der Waals surface area contributed by atoms with Gasteiger partial charge in [-0.15, -0.1) is 5.92 Å². The van der Waals surface area contributed by atoms with Crippen LogP contribution in [0.1, 0.15) is 72.6 Å². The maximum Gasteiger partial charge on any atom is 0.192 e. The van der Waals surface area contributed by atoms with E-state index in [2.05, 4.69) is 52.6 Å². The fourth-order valence-corrected chi connectivity index (χ4v) is 3.79. The molecule has 0 spiro atoms. The van der Waals surface area contributed by atoms with E-state index in [1.807, 2.05) is 0 Å². The van der Waals surface area contributed by atoms with Gasteiger partial charge in [-0.25, -0.2) is 0 Å². The molecule has 0 radical (unpaired) electrons. The number of ether oxygens (including phenoxy) is 1. The Balaban J connectivity index is 2.40. The van der Waals surface area contributed by atoms with Crippen molar-refractivity contribution < 1.29 is 9.16 Å². The summed E-state index contributed by atoms with van der Waals surface area (Å²) in [5.41, 5.74) is 0. The quantitative estimate of drug-likeness (QED) is 0.363. The summed E-state index contributed by atoms with van der Waals surface area (Å²) in [5, 5.41) is 0.270. The van der Waals surface area contributed by atoms with Crippen LogP contribution in [-0.4, -0.2) is 27.1 Å². The zero-order chi connectivity index (χ0) is 16.6. The van der Waals surface area contributed by atoms with Gasteiger partial charge in [-0.1, -0.05) is 52.9 Å². The molecule has 1 aliphatic rings. The topological polar surface area (TPSA) is 18.5 Å². The Labute approximate surface area is 139 Å². The Kier molecular flexibility index (Phi) is 8.17. The largest absolute Gasteiger partial charge is 0.414 e. The molecule has 0 saturated carbocycles. The third-order valence-corrected chi connectivity index (χ3v) is 9.46. The molecule has 1 fully saturated rings. The summed E-state index contributed by atoms with van der Waals surface area (Å²) in [6.07, 6.45) is 8.49. The van der Waals surface area contributed by atoms with E-state index in [1.165, 1.54) is 25.7 Å². The van der Waals surface area contributed by atoms with E-state index in [0.717, 1.165) is 25.9 Å². The first-order valence-electron chi connectivity index (χ1n) is 9.04. The normalized spacial score (nSPS) is 23.0.